The Hall–Kier alpha value is -1.46. The smallest absolute Gasteiger partial charge is 0.272 e. The molecule has 0 aliphatic carbocycles. The molecule has 2 unspecified atom stereocenters. The maximum Gasteiger partial charge on any atom is 0.272 e. The number of nitrogens with zero attached hydrogens (tertiary/aromatic N) is 2. The molecule has 1 aromatic heterocycles. The van der Waals surface area contributed by atoms with Gasteiger partial charge in [-0.1, -0.05) is 6.07 Å². The highest BCUT2D eigenvalue weighted by atomic mass is 16.3. The first-order valence-electron chi connectivity index (χ1n) is 6.12. The third-order valence-corrected chi connectivity index (χ3v) is 2.85. The molecule has 0 saturated carbocycles. The fourth-order valence-electron chi connectivity index (χ4n) is 1.66. The molecular weight excluding hydrogens is 232 g/mol. The van der Waals surface area contributed by atoms with Crippen LogP contribution in [0.4, 0.5) is 0 Å². The number of hydrogen-bond acceptors (Lipinski definition) is 4. The monoisotopic (exact) mass is 252 g/mol. The summed E-state index contributed by atoms with van der Waals surface area (Å²) in [6.45, 7) is 6.59. The summed E-state index contributed by atoms with van der Waals surface area (Å²) in [5.41, 5.74) is 0.848. The molecule has 18 heavy (non-hydrogen) atoms. The molecule has 1 aromatic rings. The van der Waals surface area contributed by atoms with E-state index in [-0.39, 0.29) is 5.91 Å². The van der Waals surface area contributed by atoms with Gasteiger partial charge in [-0.25, -0.2) is 0 Å². The molecule has 0 bridgehead atoms. The number of hydrogen-bond donors (Lipinski definition) is 2. The lowest BCUT2D eigenvalue weighted by Gasteiger charge is -2.18. The minimum atomic E-state index is -0.977. The van der Waals surface area contributed by atoms with Gasteiger partial charge in [0, 0.05) is 24.8 Å². The fraction of sp³-hybridized carbons (Fsp3) is 0.538. The SMILES string of the molecule is CCN(CC)C(=O)c1ccc(C(O)C(C)O)cn1. The van der Waals surface area contributed by atoms with Crippen LogP contribution in [0, 0.1) is 0 Å². The van der Waals surface area contributed by atoms with E-state index in [2.05, 4.69) is 4.98 Å². The Bertz CT molecular complexity index is 386. The van der Waals surface area contributed by atoms with Gasteiger partial charge in [-0.05, 0) is 26.8 Å². The first-order valence-corrected chi connectivity index (χ1v) is 6.12. The van der Waals surface area contributed by atoms with Crippen LogP contribution >= 0.6 is 0 Å². The van der Waals surface area contributed by atoms with Crippen LogP contribution in [0.2, 0.25) is 0 Å². The summed E-state index contributed by atoms with van der Waals surface area (Å²) in [5.74, 6) is -0.127. The van der Waals surface area contributed by atoms with E-state index < -0.39 is 12.2 Å². The number of amides is 1. The van der Waals surface area contributed by atoms with E-state index in [1.54, 1.807) is 17.0 Å². The van der Waals surface area contributed by atoms with Crippen LogP contribution in [0.3, 0.4) is 0 Å². The summed E-state index contributed by atoms with van der Waals surface area (Å²) in [5, 5.41) is 18.9. The number of carbonyl (C=O) groups is 1. The first-order chi connectivity index (χ1) is 8.51. The molecule has 0 aliphatic rings. The molecule has 2 atom stereocenters. The topological polar surface area (TPSA) is 73.7 Å². The zero-order valence-electron chi connectivity index (χ0n) is 11.0. The van der Waals surface area contributed by atoms with Crippen molar-refractivity contribution in [3.05, 3.63) is 29.6 Å². The van der Waals surface area contributed by atoms with Crippen molar-refractivity contribution in [1.82, 2.24) is 9.88 Å². The molecule has 1 heterocycles. The van der Waals surface area contributed by atoms with Gasteiger partial charge in [0.05, 0.1) is 6.10 Å². The minimum Gasteiger partial charge on any atom is -0.390 e. The number of pyridine rings is 1. The molecule has 0 spiro atoms. The Labute approximate surface area is 107 Å². The van der Waals surface area contributed by atoms with E-state index in [1.165, 1.54) is 13.1 Å². The van der Waals surface area contributed by atoms with Gasteiger partial charge in [0.15, 0.2) is 0 Å². The van der Waals surface area contributed by atoms with Crippen LogP contribution < -0.4 is 0 Å². The van der Waals surface area contributed by atoms with Crippen molar-refractivity contribution in [2.45, 2.75) is 33.0 Å². The van der Waals surface area contributed by atoms with E-state index in [4.69, 9.17) is 0 Å². The normalized spacial score (nSPS) is 14.1. The zero-order valence-corrected chi connectivity index (χ0v) is 11.0. The lowest BCUT2D eigenvalue weighted by Crippen LogP contribution is -2.31. The van der Waals surface area contributed by atoms with Gasteiger partial charge >= 0.3 is 0 Å². The largest absolute Gasteiger partial charge is 0.390 e. The lowest BCUT2D eigenvalue weighted by atomic mass is 10.1. The molecule has 5 nitrogen and oxygen atoms in total. The average molecular weight is 252 g/mol. The second kappa shape index (κ2) is 6.47. The van der Waals surface area contributed by atoms with Crippen LogP contribution in [0.1, 0.15) is 42.9 Å². The van der Waals surface area contributed by atoms with E-state index >= 15 is 0 Å². The first kappa shape index (κ1) is 14.6. The molecule has 1 amide bonds. The maximum atomic E-state index is 12.0. The number of aromatic nitrogens is 1. The summed E-state index contributed by atoms with van der Waals surface area (Å²) in [7, 11) is 0. The number of carbonyl (C=O) groups excluding carboxylic acids is 1. The summed E-state index contributed by atoms with van der Waals surface area (Å²) < 4.78 is 0. The van der Waals surface area contributed by atoms with Gasteiger partial charge in [0.2, 0.25) is 0 Å². The highest BCUT2D eigenvalue weighted by molar-refractivity contribution is 5.92. The van der Waals surface area contributed by atoms with Crippen LogP contribution in [0.25, 0.3) is 0 Å². The number of aliphatic hydroxyl groups excluding tert-OH is 2. The quantitative estimate of drug-likeness (QED) is 0.819. The third-order valence-electron chi connectivity index (χ3n) is 2.85. The van der Waals surface area contributed by atoms with Crippen LogP contribution in [-0.4, -0.2) is 45.2 Å². The van der Waals surface area contributed by atoms with Crippen LogP contribution in [-0.2, 0) is 0 Å². The second-order valence-electron chi connectivity index (χ2n) is 4.14. The number of rotatable bonds is 5. The Balaban J connectivity index is 2.86. The van der Waals surface area contributed by atoms with Crippen LogP contribution in [0.5, 0.6) is 0 Å². The summed E-state index contributed by atoms with van der Waals surface area (Å²) in [4.78, 5) is 17.7. The summed E-state index contributed by atoms with van der Waals surface area (Å²) in [6, 6.07) is 3.18. The Morgan fingerprint density at radius 2 is 1.94 bits per heavy atom. The summed E-state index contributed by atoms with van der Waals surface area (Å²) >= 11 is 0. The van der Waals surface area contributed by atoms with E-state index in [0.717, 1.165) is 0 Å². The molecule has 0 fully saturated rings. The van der Waals surface area contributed by atoms with Crippen molar-refractivity contribution in [1.29, 1.82) is 0 Å². The van der Waals surface area contributed by atoms with Crippen molar-refractivity contribution < 1.29 is 15.0 Å². The maximum absolute atomic E-state index is 12.0. The van der Waals surface area contributed by atoms with Gasteiger partial charge in [-0.3, -0.25) is 9.78 Å². The van der Waals surface area contributed by atoms with Crippen molar-refractivity contribution in [3.8, 4) is 0 Å². The molecule has 2 N–H and O–H groups in total. The lowest BCUT2D eigenvalue weighted by molar-refractivity contribution is 0.0303. The molecule has 1 rings (SSSR count). The van der Waals surface area contributed by atoms with Crippen molar-refractivity contribution >= 4 is 5.91 Å². The van der Waals surface area contributed by atoms with Crippen molar-refractivity contribution in [2.24, 2.45) is 0 Å². The van der Waals surface area contributed by atoms with Crippen molar-refractivity contribution in [2.75, 3.05) is 13.1 Å². The number of aliphatic hydroxyl groups is 2. The van der Waals surface area contributed by atoms with Gasteiger partial charge in [-0.2, -0.15) is 0 Å². The predicted octanol–water partition coefficient (Wildman–Crippen LogP) is 0.978. The van der Waals surface area contributed by atoms with Crippen molar-refractivity contribution in [3.63, 3.8) is 0 Å². The minimum absolute atomic E-state index is 0.127. The highest BCUT2D eigenvalue weighted by Gasteiger charge is 2.17. The summed E-state index contributed by atoms with van der Waals surface area (Å²) in [6.07, 6.45) is -0.417. The van der Waals surface area contributed by atoms with E-state index in [0.29, 0.717) is 24.3 Å². The zero-order chi connectivity index (χ0) is 13.7. The molecular formula is C13H20N2O3. The second-order valence-corrected chi connectivity index (χ2v) is 4.14. The van der Waals surface area contributed by atoms with Gasteiger partial charge in [0.25, 0.3) is 5.91 Å². The Morgan fingerprint density at radius 3 is 2.33 bits per heavy atom. The third kappa shape index (κ3) is 3.27. The molecule has 0 aromatic carbocycles. The predicted molar refractivity (Wildman–Crippen MR) is 68.1 cm³/mol. The van der Waals surface area contributed by atoms with E-state index in [9.17, 15) is 15.0 Å². The fourth-order valence-corrected chi connectivity index (χ4v) is 1.66. The molecule has 5 heteroatoms. The molecule has 100 valence electrons. The van der Waals surface area contributed by atoms with E-state index in [1.807, 2.05) is 13.8 Å². The Kier molecular flexibility index (Phi) is 5.25. The standard InChI is InChI=1S/C13H20N2O3/c1-4-15(5-2)13(18)11-7-6-10(8-14-11)12(17)9(3)16/h6-9,12,16-17H,4-5H2,1-3H3. The molecule has 0 aliphatic heterocycles. The molecule has 0 radical (unpaired) electrons. The van der Waals surface area contributed by atoms with Gasteiger partial charge in [-0.15, -0.1) is 0 Å². The van der Waals surface area contributed by atoms with Crippen LogP contribution in [0.15, 0.2) is 18.3 Å². The Morgan fingerprint density at radius 1 is 1.33 bits per heavy atom. The molecule has 0 saturated heterocycles. The van der Waals surface area contributed by atoms with Gasteiger partial charge < -0.3 is 15.1 Å². The highest BCUT2D eigenvalue weighted by Crippen LogP contribution is 2.16. The average Bonchev–Trinajstić information content (AvgIpc) is 2.39. The van der Waals surface area contributed by atoms with Gasteiger partial charge in [0.1, 0.15) is 11.8 Å².